The van der Waals surface area contributed by atoms with E-state index in [1.54, 1.807) is 18.3 Å². The summed E-state index contributed by atoms with van der Waals surface area (Å²) in [5.41, 5.74) is 0.816. The zero-order valence-corrected chi connectivity index (χ0v) is 29.6. The number of aromatic carboxylic acids is 1. The Morgan fingerprint density at radius 3 is 2.32 bits per heavy atom. The molecule has 0 bridgehead atoms. The van der Waals surface area contributed by atoms with Crippen LogP contribution in [0.25, 0.3) is 0 Å². The number of carboxylic acids is 1. The minimum absolute atomic E-state index is 0.00637. The van der Waals surface area contributed by atoms with Gasteiger partial charge >= 0.3 is 5.97 Å². The Hall–Kier alpha value is -3.42. The molecule has 1 unspecified atom stereocenters. The normalized spacial score (nSPS) is 24.8. The average Bonchev–Trinajstić information content (AvgIpc) is 3.69. The molecule has 0 aromatic carbocycles. The number of carbonyl (C=O) groups is 3. The number of likely N-dealkylation sites (N-methyl/N-ethyl adjacent to an activating group) is 1. The maximum absolute atomic E-state index is 14.3. The summed E-state index contributed by atoms with van der Waals surface area (Å²) in [5, 5.41) is 10.2. The number of amides is 2. The largest absolute Gasteiger partial charge is 0.477 e. The molecule has 1 atom stereocenters. The van der Waals surface area contributed by atoms with Gasteiger partial charge in [-0.15, -0.1) is 11.3 Å². The molecule has 2 aliphatic carbocycles. The first-order valence-corrected chi connectivity index (χ1v) is 17.9. The van der Waals surface area contributed by atoms with Gasteiger partial charge in [0.25, 0.3) is 5.91 Å². The van der Waals surface area contributed by atoms with Gasteiger partial charge in [0, 0.05) is 54.3 Å². The lowest BCUT2D eigenvalue weighted by Crippen LogP contribution is -2.47. The molecule has 9 nitrogen and oxygen atoms in total. The van der Waals surface area contributed by atoms with Gasteiger partial charge in [-0.2, -0.15) is 0 Å². The van der Waals surface area contributed by atoms with E-state index in [9.17, 15) is 19.5 Å². The quantitative estimate of drug-likeness (QED) is 0.319. The van der Waals surface area contributed by atoms with Crippen LogP contribution in [0.2, 0.25) is 0 Å². The van der Waals surface area contributed by atoms with Gasteiger partial charge in [-0.05, 0) is 111 Å². The number of aromatic nitrogens is 1. The van der Waals surface area contributed by atoms with Crippen molar-refractivity contribution in [3.05, 3.63) is 39.7 Å². The van der Waals surface area contributed by atoms with Gasteiger partial charge in [0.1, 0.15) is 11.0 Å². The molecule has 2 amide bonds. The minimum atomic E-state index is -1.03. The molecule has 1 N–H and O–H groups in total. The van der Waals surface area contributed by atoms with Gasteiger partial charge in [0.2, 0.25) is 11.8 Å². The van der Waals surface area contributed by atoms with Crippen molar-refractivity contribution in [3.8, 4) is 17.7 Å². The number of hydrogen-bond acceptors (Lipinski definition) is 7. The molecule has 47 heavy (non-hydrogen) atoms. The van der Waals surface area contributed by atoms with Crippen LogP contribution in [0.15, 0.2) is 24.4 Å². The van der Waals surface area contributed by atoms with Crippen LogP contribution < -0.4 is 9.64 Å². The van der Waals surface area contributed by atoms with Crippen LogP contribution in [0, 0.1) is 29.1 Å². The van der Waals surface area contributed by atoms with Crippen molar-refractivity contribution in [1.82, 2.24) is 14.8 Å². The first-order chi connectivity index (χ1) is 22.3. The van der Waals surface area contributed by atoms with Crippen LogP contribution in [-0.4, -0.2) is 83.0 Å². The molecule has 0 radical (unpaired) electrons. The summed E-state index contributed by atoms with van der Waals surface area (Å²) < 4.78 is 6.32. The number of likely N-dealkylation sites (tertiary alicyclic amines) is 1. The van der Waals surface area contributed by atoms with Crippen molar-refractivity contribution < 1.29 is 24.2 Å². The first-order valence-electron chi connectivity index (χ1n) is 17.1. The predicted molar refractivity (Wildman–Crippen MR) is 185 cm³/mol. The standard InChI is InChI=1S/C37H50N4O5S/c1-24-7-9-25(10-8-24)35(43)41(31-22-30(15-18-37(2,3)4)47-33(31)36(44)45)27-11-13-29(14-12-27)46-32-21-26(16-19-38-32)34(42)40-20-17-28(23-40)39(5)6/h16,19,21-22,24-25,27-29H,7-14,17,20,23H2,1-6H3,(H,44,45)/t24-,25-,27-,28?,29-. The van der Waals surface area contributed by atoms with Crippen molar-refractivity contribution in [2.24, 2.45) is 17.3 Å². The lowest BCUT2D eigenvalue weighted by atomic mass is 9.81. The summed E-state index contributed by atoms with van der Waals surface area (Å²) in [7, 11) is 4.09. The average molecular weight is 663 g/mol. The van der Waals surface area contributed by atoms with Crippen LogP contribution in [0.1, 0.15) is 110 Å². The third-order valence-corrected chi connectivity index (χ3v) is 10.8. The summed E-state index contributed by atoms with van der Waals surface area (Å²) in [6, 6.07) is 5.52. The van der Waals surface area contributed by atoms with E-state index in [0.717, 1.165) is 50.0 Å². The lowest BCUT2D eigenvalue weighted by molar-refractivity contribution is -0.124. The molecule has 3 fully saturated rings. The summed E-state index contributed by atoms with van der Waals surface area (Å²) in [4.78, 5) is 51.1. The molecule has 2 aromatic heterocycles. The van der Waals surface area contributed by atoms with Gasteiger partial charge in [0.15, 0.2) is 0 Å². The van der Waals surface area contributed by atoms with Crippen LogP contribution in [0.4, 0.5) is 5.69 Å². The monoisotopic (exact) mass is 662 g/mol. The number of hydrogen-bond donors (Lipinski definition) is 1. The Morgan fingerprint density at radius 2 is 1.70 bits per heavy atom. The molecule has 3 heterocycles. The van der Waals surface area contributed by atoms with Gasteiger partial charge in [0.05, 0.1) is 10.6 Å². The van der Waals surface area contributed by atoms with E-state index in [-0.39, 0.29) is 40.2 Å². The fourth-order valence-corrected chi connectivity index (χ4v) is 7.79. The number of ether oxygens (including phenoxy) is 1. The molecular weight excluding hydrogens is 612 g/mol. The van der Waals surface area contributed by atoms with Crippen molar-refractivity contribution in [2.75, 3.05) is 32.1 Å². The molecule has 5 rings (SSSR count). The zero-order chi connectivity index (χ0) is 33.9. The third-order valence-electron chi connectivity index (χ3n) is 9.79. The van der Waals surface area contributed by atoms with Gasteiger partial charge in [-0.3, -0.25) is 9.59 Å². The molecule has 10 heteroatoms. The summed E-state index contributed by atoms with van der Waals surface area (Å²) in [6.07, 6.45) is 8.87. The van der Waals surface area contributed by atoms with Crippen molar-refractivity contribution >= 4 is 34.8 Å². The van der Waals surface area contributed by atoms with Gasteiger partial charge in [-0.25, -0.2) is 9.78 Å². The summed E-state index contributed by atoms with van der Waals surface area (Å²) >= 11 is 1.15. The third kappa shape index (κ3) is 8.74. The van der Waals surface area contributed by atoms with E-state index >= 15 is 0 Å². The number of nitrogens with zero attached hydrogens (tertiary/aromatic N) is 4. The molecular formula is C37H50N4O5S. The van der Waals surface area contributed by atoms with Crippen LogP contribution in [-0.2, 0) is 4.79 Å². The Morgan fingerprint density at radius 1 is 1.00 bits per heavy atom. The highest BCUT2D eigenvalue weighted by Gasteiger charge is 2.38. The highest BCUT2D eigenvalue weighted by atomic mass is 32.1. The predicted octanol–water partition coefficient (Wildman–Crippen LogP) is 6.56. The van der Waals surface area contributed by atoms with E-state index in [1.165, 1.54) is 0 Å². The first kappa shape index (κ1) is 34.9. The zero-order valence-electron chi connectivity index (χ0n) is 28.8. The highest BCUT2D eigenvalue weighted by molar-refractivity contribution is 7.15. The maximum Gasteiger partial charge on any atom is 0.348 e. The molecule has 3 aliphatic rings. The Balaban J connectivity index is 1.31. The van der Waals surface area contributed by atoms with Crippen molar-refractivity contribution in [2.45, 2.75) is 104 Å². The summed E-state index contributed by atoms with van der Waals surface area (Å²) in [5.74, 6) is 6.28. The Kier molecular flexibility index (Phi) is 11.0. The highest BCUT2D eigenvalue weighted by Crippen LogP contribution is 2.39. The number of anilines is 1. The van der Waals surface area contributed by atoms with E-state index in [0.29, 0.717) is 66.2 Å². The van der Waals surface area contributed by atoms with Gasteiger partial charge in [-0.1, -0.05) is 18.8 Å². The minimum Gasteiger partial charge on any atom is -0.477 e. The topological polar surface area (TPSA) is 103 Å². The maximum atomic E-state index is 14.3. The van der Waals surface area contributed by atoms with Gasteiger partial charge < -0.3 is 24.5 Å². The molecule has 1 aliphatic heterocycles. The molecule has 1 saturated heterocycles. The van der Waals surface area contributed by atoms with E-state index < -0.39 is 5.97 Å². The van der Waals surface area contributed by atoms with Crippen LogP contribution in [0.3, 0.4) is 0 Å². The fraction of sp³-hybridized carbons (Fsp3) is 0.622. The second kappa shape index (κ2) is 14.8. The van der Waals surface area contributed by atoms with Crippen molar-refractivity contribution in [1.29, 1.82) is 0 Å². The lowest BCUT2D eigenvalue weighted by Gasteiger charge is -2.39. The Bertz CT molecular complexity index is 1500. The van der Waals surface area contributed by atoms with Crippen LogP contribution in [0.5, 0.6) is 5.88 Å². The number of carboxylic acid groups (broad SMARTS) is 1. The molecule has 2 aromatic rings. The molecule has 254 valence electrons. The Labute approximate surface area is 283 Å². The number of pyridine rings is 1. The van der Waals surface area contributed by atoms with Crippen molar-refractivity contribution in [3.63, 3.8) is 0 Å². The molecule has 0 spiro atoms. The SMILES string of the molecule is CN(C)C1CCN(C(=O)c2ccnc(O[C@H]3CC[C@H](N(c4cc(C#CC(C)(C)C)sc4C(=O)O)C(=O)[C@H]4CC[C@H](C)CC4)CC3)c2)C1. The van der Waals surface area contributed by atoms with Crippen LogP contribution >= 0.6 is 11.3 Å². The number of carbonyl (C=O) groups excluding carboxylic acids is 2. The number of thiophene rings is 1. The summed E-state index contributed by atoms with van der Waals surface area (Å²) in [6.45, 7) is 9.73. The molecule has 2 saturated carbocycles. The number of rotatable bonds is 8. The second-order valence-electron chi connectivity index (χ2n) is 14.9. The fourth-order valence-electron chi connectivity index (χ4n) is 6.95. The van der Waals surface area contributed by atoms with E-state index in [2.05, 4.69) is 28.6 Å². The second-order valence-corrected chi connectivity index (χ2v) is 15.9. The van der Waals surface area contributed by atoms with E-state index in [4.69, 9.17) is 4.74 Å². The smallest absolute Gasteiger partial charge is 0.348 e. The van der Waals surface area contributed by atoms with E-state index in [1.807, 2.05) is 50.7 Å².